The van der Waals surface area contributed by atoms with Gasteiger partial charge in [-0.2, -0.15) is 0 Å². The molecular formula is C21H25N3O3. The van der Waals surface area contributed by atoms with Gasteiger partial charge in [0.2, 0.25) is 5.91 Å². The molecule has 0 aromatic heterocycles. The van der Waals surface area contributed by atoms with Gasteiger partial charge in [0.25, 0.3) is 0 Å². The molecule has 1 saturated heterocycles. The van der Waals surface area contributed by atoms with Crippen LogP contribution in [0.4, 0.5) is 11.4 Å². The van der Waals surface area contributed by atoms with Crippen LogP contribution in [0.2, 0.25) is 0 Å². The van der Waals surface area contributed by atoms with E-state index in [2.05, 4.69) is 21.9 Å². The van der Waals surface area contributed by atoms with Crippen LogP contribution in [0.5, 0.6) is 0 Å². The molecule has 27 heavy (non-hydrogen) atoms. The number of hydrogen-bond acceptors (Lipinski definition) is 4. The highest BCUT2D eigenvalue weighted by molar-refractivity contribution is 5.97. The van der Waals surface area contributed by atoms with Crippen LogP contribution in [0.25, 0.3) is 0 Å². The number of anilines is 2. The lowest BCUT2D eigenvalue weighted by atomic mass is 10.2. The zero-order chi connectivity index (χ0) is 19.1. The zero-order valence-corrected chi connectivity index (χ0v) is 15.3. The van der Waals surface area contributed by atoms with Gasteiger partial charge in [0.15, 0.2) is 0 Å². The molecule has 2 aromatic rings. The van der Waals surface area contributed by atoms with Gasteiger partial charge in [0.05, 0.1) is 0 Å². The van der Waals surface area contributed by atoms with E-state index < -0.39 is 5.97 Å². The van der Waals surface area contributed by atoms with Gasteiger partial charge < -0.3 is 14.9 Å². The minimum absolute atomic E-state index is 0.158. The quantitative estimate of drug-likeness (QED) is 0.814. The molecule has 0 bridgehead atoms. The summed E-state index contributed by atoms with van der Waals surface area (Å²) in [5.41, 5.74) is 1.85. The number of benzene rings is 2. The highest BCUT2D eigenvalue weighted by Gasteiger charge is 2.21. The number of carbonyl (C=O) groups excluding carboxylic acids is 1. The number of carbonyl (C=O) groups is 2. The van der Waals surface area contributed by atoms with Crippen molar-refractivity contribution in [2.45, 2.75) is 6.42 Å². The third-order valence-electron chi connectivity index (χ3n) is 4.80. The van der Waals surface area contributed by atoms with Crippen molar-refractivity contribution < 1.29 is 14.7 Å². The van der Waals surface area contributed by atoms with E-state index in [-0.39, 0.29) is 12.5 Å². The van der Waals surface area contributed by atoms with Crippen molar-refractivity contribution in [1.29, 1.82) is 0 Å². The number of carboxylic acid groups (broad SMARTS) is 1. The first kappa shape index (κ1) is 18.9. The molecule has 0 saturated carbocycles. The number of nitrogens with zero attached hydrogens (tertiary/aromatic N) is 3. The highest BCUT2D eigenvalue weighted by Crippen LogP contribution is 2.17. The van der Waals surface area contributed by atoms with Gasteiger partial charge in [-0.15, -0.1) is 0 Å². The molecule has 1 aliphatic heterocycles. The summed E-state index contributed by atoms with van der Waals surface area (Å²) >= 11 is 0. The van der Waals surface area contributed by atoms with Gasteiger partial charge in [-0.05, 0) is 24.3 Å². The predicted molar refractivity (Wildman–Crippen MR) is 106 cm³/mol. The van der Waals surface area contributed by atoms with E-state index in [4.69, 9.17) is 5.11 Å². The summed E-state index contributed by atoms with van der Waals surface area (Å²) in [7, 11) is 0. The van der Waals surface area contributed by atoms with Crippen LogP contribution in [0.15, 0.2) is 60.7 Å². The second-order valence-electron chi connectivity index (χ2n) is 6.62. The zero-order valence-electron chi connectivity index (χ0n) is 15.3. The molecular weight excluding hydrogens is 342 g/mol. The fourth-order valence-electron chi connectivity index (χ4n) is 3.32. The number of aliphatic carboxylic acids is 1. The van der Waals surface area contributed by atoms with Crippen LogP contribution in [0, 0.1) is 0 Å². The van der Waals surface area contributed by atoms with E-state index in [0.29, 0.717) is 18.7 Å². The Kier molecular flexibility index (Phi) is 6.44. The number of piperazine rings is 1. The molecule has 6 heteroatoms. The van der Waals surface area contributed by atoms with E-state index in [9.17, 15) is 9.59 Å². The predicted octanol–water partition coefficient (Wildman–Crippen LogP) is 2.32. The Labute approximate surface area is 159 Å². The normalized spacial score (nSPS) is 14.7. The number of hydrogen-bond donors (Lipinski definition) is 1. The lowest BCUT2D eigenvalue weighted by Gasteiger charge is -2.36. The van der Waals surface area contributed by atoms with Crippen molar-refractivity contribution in [1.82, 2.24) is 4.90 Å². The van der Waals surface area contributed by atoms with Crippen molar-refractivity contribution in [3.05, 3.63) is 60.7 Å². The van der Waals surface area contributed by atoms with Gasteiger partial charge >= 0.3 is 5.97 Å². The molecule has 1 amide bonds. The Morgan fingerprint density at radius 1 is 0.889 bits per heavy atom. The molecule has 6 nitrogen and oxygen atoms in total. The van der Waals surface area contributed by atoms with Crippen molar-refractivity contribution in [3.63, 3.8) is 0 Å². The first-order chi connectivity index (χ1) is 13.1. The number of rotatable bonds is 7. The molecule has 0 spiro atoms. The molecule has 1 aliphatic rings. The SMILES string of the molecule is O=C(O)CN(C(=O)CCN1CCN(c2ccccc2)CC1)c1ccccc1. The third kappa shape index (κ3) is 5.31. The summed E-state index contributed by atoms with van der Waals surface area (Å²) in [4.78, 5) is 29.7. The van der Waals surface area contributed by atoms with Gasteiger partial charge in [-0.3, -0.25) is 14.5 Å². The van der Waals surface area contributed by atoms with Crippen LogP contribution in [0.3, 0.4) is 0 Å². The standard InChI is InChI=1S/C21H25N3O3/c25-20(24(17-21(26)27)19-9-5-2-6-10-19)11-12-22-13-15-23(16-14-22)18-7-3-1-4-8-18/h1-10H,11-17H2,(H,26,27). The molecule has 3 rings (SSSR count). The van der Waals surface area contributed by atoms with Crippen molar-refractivity contribution in [2.75, 3.05) is 49.1 Å². The Hall–Kier alpha value is -2.86. The fraction of sp³-hybridized carbons (Fsp3) is 0.333. The topological polar surface area (TPSA) is 64.1 Å². The summed E-state index contributed by atoms with van der Waals surface area (Å²) in [5, 5.41) is 9.14. The molecule has 1 N–H and O–H groups in total. The number of para-hydroxylation sites is 2. The van der Waals surface area contributed by atoms with Crippen LogP contribution in [0.1, 0.15) is 6.42 Å². The maximum Gasteiger partial charge on any atom is 0.323 e. The maximum atomic E-state index is 12.6. The monoisotopic (exact) mass is 367 g/mol. The highest BCUT2D eigenvalue weighted by atomic mass is 16.4. The minimum atomic E-state index is -1.01. The van der Waals surface area contributed by atoms with E-state index >= 15 is 0 Å². The molecule has 1 fully saturated rings. The summed E-state index contributed by atoms with van der Waals surface area (Å²) < 4.78 is 0. The lowest BCUT2D eigenvalue weighted by molar-refractivity contribution is -0.136. The molecule has 0 aliphatic carbocycles. The van der Waals surface area contributed by atoms with E-state index in [0.717, 1.165) is 26.2 Å². The third-order valence-corrected chi connectivity index (χ3v) is 4.80. The van der Waals surface area contributed by atoms with Gasteiger partial charge in [0, 0.05) is 50.5 Å². The van der Waals surface area contributed by atoms with Crippen molar-refractivity contribution >= 4 is 23.3 Å². The Morgan fingerprint density at radius 2 is 1.48 bits per heavy atom. The summed E-state index contributed by atoms with van der Waals surface area (Å²) in [6.07, 6.45) is 0.313. The average Bonchev–Trinajstić information content (AvgIpc) is 2.72. The van der Waals surface area contributed by atoms with E-state index in [1.54, 1.807) is 24.3 Å². The smallest absolute Gasteiger partial charge is 0.323 e. The van der Waals surface area contributed by atoms with E-state index in [1.165, 1.54) is 10.6 Å². The minimum Gasteiger partial charge on any atom is -0.480 e. The Balaban J connectivity index is 1.51. The molecule has 0 unspecified atom stereocenters. The lowest BCUT2D eigenvalue weighted by Crippen LogP contribution is -2.47. The van der Waals surface area contributed by atoms with Gasteiger partial charge in [-0.25, -0.2) is 0 Å². The molecule has 0 atom stereocenters. The van der Waals surface area contributed by atoms with Crippen LogP contribution in [-0.2, 0) is 9.59 Å². The summed E-state index contributed by atoms with van der Waals surface area (Å²) in [5.74, 6) is -1.17. The van der Waals surface area contributed by atoms with Crippen LogP contribution >= 0.6 is 0 Å². The summed E-state index contributed by atoms with van der Waals surface area (Å²) in [6, 6.07) is 19.3. The van der Waals surface area contributed by atoms with Crippen molar-refractivity contribution in [2.24, 2.45) is 0 Å². The van der Waals surface area contributed by atoms with Gasteiger partial charge in [-0.1, -0.05) is 36.4 Å². The molecule has 142 valence electrons. The Morgan fingerprint density at radius 3 is 2.07 bits per heavy atom. The van der Waals surface area contributed by atoms with Gasteiger partial charge in [0.1, 0.15) is 6.54 Å². The van der Waals surface area contributed by atoms with Crippen LogP contribution in [-0.4, -0.2) is 61.2 Å². The van der Waals surface area contributed by atoms with Crippen LogP contribution < -0.4 is 9.80 Å². The number of amides is 1. The molecule has 2 aromatic carbocycles. The number of carboxylic acids is 1. The fourth-order valence-corrected chi connectivity index (χ4v) is 3.32. The second kappa shape index (κ2) is 9.19. The second-order valence-corrected chi connectivity index (χ2v) is 6.62. The average molecular weight is 367 g/mol. The first-order valence-corrected chi connectivity index (χ1v) is 9.23. The maximum absolute atomic E-state index is 12.6. The Bertz CT molecular complexity index is 744. The first-order valence-electron chi connectivity index (χ1n) is 9.23. The van der Waals surface area contributed by atoms with E-state index in [1.807, 2.05) is 24.3 Å². The van der Waals surface area contributed by atoms with Crippen molar-refractivity contribution in [3.8, 4) is 0 Å². The largest absolute Gasteiger partial charge is 0.480 e. The molecule has 0 radical (unpaired) electrons. The molecule has 1 heterocycles. The summed E-state index contributed by atoms with van der Waals surface area (Å²) in [6.45, 7) is 3.97.